The predicted octanol–water partition coefficient (Wildman–Crippen LogP) is 2.18. The summed E-state index contributed by atoms with van der Waals surface area (Å²) >= 11 is 0. The molecule has 3 heterocycles. The van der Waals surface area contributed by atoms with E-state index in [1.165, 1.54) is 0 Å². The monoisotopic (exact) mass is 395 g/mol. The standard InChI is InChI=1S/C21H25N5O3/c1-15-12-19(24-29-15)23-20(27)6-7-25-8-10-26(11-9-25)21(28)13-16-14-22-18-5-3-2-4-17(16)18/h2-5,12,14,22H,6-11,13H2,1H3,(H,23,24,27). The molecule has 1 aromatic carbocycles. The first-order valence-corrected chi connectivity index (χ1v) is 9.87. The molecular formula is C21H25N5O3. The van der Waals surface area contributed by atoms with E-state index in [1.54, 1.807) is 13.0 Å². The van der Waals surface area contributed by atoms with E-state index in [4.69, 9.17) is 4.52 Å². The molecule has 0 aliphatic carbocycles. The molecule has 0 radical (unpaired) electrons. The van der Waals surface area contributed by atoms with Gasteiger partial charge in [0.2, 0.25) is 11.8 Å². The van der Waals surface area contributed by atoms with Crippen LogP contribution >= 0.6 is 0 Å². The molecule has 3 aromatic rings. The van der Waals surface area contributed by atoms with E-state index in [-0.39, 0.29) is 11.8 Å². The predicted molar refractivity (Wildman–Crippen MR) is 110 cm³/mol. The molecule has 2 N–H and O–H groups in total. The van der Waals surface area contributed by atoms with Crippen molar-refractivity contribution < 1.29 is 14.1 Å². The van der Waals surface area contributed by atoms with Crippen LogP contribution in [0.25, 0.3) is 10.9 Å². The maximum absolute atomic E-state index is 12.7. The van der Waals surface area contributed by atoms with Crippen molar-refractivity contribution >= 4 is 28.5 Å². The summed E-state index contributed by atoms with van der Waals surface area (Å²) in [4.78, 5) is 32.1. The molecule has 1 saturated heterocycles. The summed E-state index contributed by atoms with van der Waals surface area (Å²) in [7, 11) is 0. The number of hydrogen-bond donors (Lipinski definition) is 2. The van der Waals surface area contributed by atoms with Gasteiger partial charge in [0.05, 0.1) is 6.42 Å². The van der Waals surface area contributed by atoms with Gasteiger partial charge in [0.15, 0.2) is 5.82 Å². The van der Waals surface area contributed by atoms with Crippen LogP contribution < -0.4 is 5.32 Å². The number of H-pyrrole nitrogens is 1. The molecule has 8 nitrogen and oxygen atoms in total. The highest BCUT2D eigenvalue weighted by Crippen LogP contribution is 2.19. The fourth-order valence-electron chi connectivity index (χ4n) is 3.66. The first-order valence-electron chi connectivity index (χ1n) is 9.87. The van der Waals surface area contributed by atoms with Crippen LogP contribution in [0.15, 0.2) is 41.1 Å². The first-order chi connectivity index (χ1) is 14.1. The molecule has 0 atom stereocenters. The quantitative estimate of drug-likeness (QED) is 0.667. The van der Waals surface area contributed by atoms with Crippen LogP contribution in [0, 0.1) is 6.92 Å². The average Bonchev–Trinajstić information content (AvgIpc) is 3.33. The Bertz CT molecular complexity index is 1000. The molecule has 0 saturated carbocycles. The van der Waals surface area contributed by atoms with Gasteiger partial charge in [0.1, 0.15) is 5.76 Å². The molecule has 0 unspecified atom stereocenters. The maximum Gasteiger partial charge on any atom is 0.227 e. The number of para-hydroxylation sites is 1. The van der Waals surface area contributed by atoms with Crippen molar-refractivity contribution in [3.05, 3.63) is 47.9 Å². The molecule has 4 rings (SSSR count). The molecule has 8 heteroatoms. The largest absolute Gasteiger partial charge is 0.361 e. The average molecular weight is 395 g/mol. The summed E-state index contributed by atoms with van der Waals surface area (Å²) in [5.74, 6) is 1.17. The van der Waals surface area contributed by atoms with Gasteiger partial charge in [0.25, 0.3) is 0 Å². The Kier molecular flexibility index (Phi) is 5.62. The lowest BCUT2D eigenvalue weighted by Crippen LogP contribution is -2.49. The van der Waals surface area contributed by atoms with Gasteiger partial charge in [-0.3, -0.25) is 14.5 Å². The Labute approximate surface area is 168 Å². The number of nitrogens with one attached hydrogen (secondary N) is 2. The van der Waals surface area contributed by atoms with Crippen LogP contribution in [-0.2, 0) is 16.0 Å². The Morgan fingerprint density at radius 1 is 1.21 bits per heavy atom. The second-order valence-electron chi connectivity index (χ2n) is 7.38. The highest BCUT2D eigenvalue weighted by atomic mass is 16.5. The molecule has 1 aliphatic heterocycles. The van der Waals surface area contributed by atoms with Crippen LogP contribution in [0.3, 0.4) is 0 Å². The van der Waals surface area contributed by atoms with E-state index in [0.29, 0.717) is 44.1 Å². The van der Waals surface area contributed by atoms with Gasteiger partial charge in [-0.2, -0.15) is 0 Å². The van der Waals surface area contributed by atoms with E-state index < -0.39 is 0 Å². The van der Waals surface area contributed by atoms with Gasteiger partial charge in [-0.05, 0) is 18.6 Å². The molecule has 1 fully saturated rings. The Morgan fingerprint density at radius 2 is 2.00 bits per heavy atom. The van der Waals surface area contributed by atoms with Crippen LogP contribution in [-0.4, -0.2) is 64.5 Å². The van der Waals surface area contributed by atoms with Crippen molar-refractivity contribution in [2.45, 2.75) is 19.8 Å². The summed E-state index contributed by atoms with van der Waals surface area (Å²) in [6.07, 6.45) is 2.71. The SMILES string of the molecule is Cc1cc(NC(=O)CCN2CCN(C(=O)Cc3c[nH]c4ccccc34)CC2)no1. The number of piperazine rings is 1. The number of carbonyl (C=O) groups is 2. The molecule has 29 heavy (non-hydrogen) atoms. The first kappa shape index (κ1) is 19.2. The lowest BCUT2D eigenvalue weighted by Gasteiger charge is -2.34. The zero-order chi connectivity index (χ0) is 20.2. The number of anilines is 1. The topological polar surface area (TPSA) is 94.5 Å². The lowest BCUT2D eigenvalue weighted by atomic mass is 10.1. The van der Waals surface area contributed by atoms with Crippen molar-refractivity contribution in [1.82, 2.24) is 19.9 Å². The minimum absolute atomic E-state index is 0.0869. The molecule has 0 spiro atoms. The summed E-state index contributed by atoms with van der Waals surface area (Å²) in [5, 5.41) is 7.60. The minimum atomic E-state index is -0.0869. The number of aromatic amines is 1. The zero-order valence-corrected chi connectivity index (χ0v) is 16.5. The normalized spacial score (nSPS) is 15.0. The summed E-state index contributed by atoms with van der Waals surface area (Å²) in [6.45, 7) is 5.36. The number of benzene rings is 1. The number of carbonyl (C=O) groups excluding carboxylic acids is 2. The van der Waals surface area contributed by atoms with Crippen molar-refractivity contribution in [2.75, 3.05) is 38.0 Å². The minimum Gasteiger partial charge on any atom is -0.361 e. The Hall–Kier alpha value is -3.13. The van der Waals surface area contributed by atoms with Crippen LogP contribution in [0.4, 0.5) is 5.82 Å². The van der Waals surface area contributed by atoms with Gasteiger partial charge >= 0.3 is 0 Å². The van der Waals surface area contributed by atoms with E-state index in [9.17, 15) is 9.59 Å². The third kappa shape index (κ3) is 4.65. The molecule has 2 amide bonds. The number of aryl methyl sites for hydroxylation is 1. The second kappa shape index (κ2) is 8.48. The maximum atomic E-state index is 12.7. The number of rotatable bonds is 6. The van der Waals surface area contributed by atoms with Crippen molar-refractivity contribution in [3.63, 3.8) is 0 Å². The summed E-state index contributed by atoms with van der Waals surface area (Å²) < 4.78 is 4.94. The van der Waals surface area contributed by atoms with Gasteiger partial charge in [-0.1, -0.05) is 23.4 Å². The smallest absolute Gasteiger partial charge is 0.227 e. The fourth-order valence-corrected chi connectivity index (χ4v) is 3.66. The zero-order valence-electron chi connectivity index (χ0n) is 16.5. The number of aromatic nitrogens is 2. The highest BCUT2D eigenvalue weighted by molar-refractivity contribution is 5.90. The third-order valence-corrected chi connectivity index (χ3v) is 5.29. The van der Waals surface area contributed by atoms with Crippen LogP contribution in [0.2, 0.25) is 0 Å². The van der Waals surface area contributed by atoms with Crippen LogP contribution in [0.1, 0.15) is 17.7 Å². The molecule has 2 aromatic heterocycles. The highest BCUT2D eigenvalue weighted by Gasteiger charge is 2.22. The van der Waals surface area contributed by atoms with Crippen LogP contribution in [0.5, 0.6) is 0 Å². The summed E-state index contributed by atoms with van der Waals surface area (Å²) in [6, 6.07) is 9.72. The Balaban J connectivity index is 1.21. The molecule has 1 aliphatic rings. The molecule has 0 bridgehead atoms. The Morgan fingerprint density at radius 3 is 2.76 bits per heavy atom. The van der Waals surface area contributed by atoms with E-state index in [1.807, 2.05) is 35.4 Å². The number of nitrogens with zero attached hydrogens (tertiary/aromatic N) is 3. The third-order valence-electron chi connectivity index (χ3n) is 5.29. The van der Waals surface area contributed by atoms with Crippen molar-refractivity contribution in [2.24, 2.45) is 0 Å². The van der Waals surface area contributed by atoms with E-state index >= 15 is 0 Å². The molecule has 152 valence electrons. The number of hydrogen-bond acceptors (Lipinski definition) is 5. The fraction of sp³-hybridized carbons (Fsp3) is 0.381. The van der Waals surface area contributed by atoms with E-state index in [2.05, 4.69) is 20.4 Å². The lowest BCUT2D eigenvalue weighted by molar-refractivity contribution is -0.132. The van der Waals surface area contributed by atoms with Gasteiger partial charge in [-0.15, -0.1) is 0 Å². The molecular weight excluding hydrogens is 370 g/mol. The van der Waals surface area contributed by atoms with Gasteiger partial charge in [0, 0.05) is 62.3 Å². The van der Waals surface area contributed by atoms with E-state index in [0.717, 1.165) is 29.6 Å². The number of amides is 2. The summed E-state index contributed by atoms with van der Waals surface area (Å²) in [5.41, 5.74) is 2.09. The number of fused-ring (bicyclic) bond motifs is 1. The van der Waals surface area contributed by atoms with Gasteiger partial charge in [-0.25, -0.2) is 0 Å². The van der Waals surface area contributed by atoms with Gasteiger partial charge < -0.3 is 19.7 Å². The second-order valence-corrected chi connectivity index (χ2v) is 7.38. The van der Waals surface area contributed by atoms with Crippen molar-refractivity contribution in [1.29, 1.82) is 0 Å². The van der Waals surface area contributed by atoms with Crippen molar-refractivity contribution in [3.8, 4) is 0 Å².